The molecule has 2 fully saturated rings. The minimum Gasteiger partial charge on any atom is -0.406 e. The zero-order chi connectivity index (χ0) is 24.7. The van der Waals surface area contributed by atoms with Crippen molar-refractivity contribution in [1.29, 1.82) is 0 Å². The Labute approximate surface area is 207 Å². The number of benzene rings is 2. The molecule has 0 heterocycles. The van der Waals surface area contributed by atoms with E-state index in [-0.39, 0.29) is 5.75 Å². The van der Waals surface area contributed by atoms with Crippen molar-refractivity contribution in [3.05, 3.63) is 77.9 Å². The van der Waals surface area contributed by atoms with Crippen LogP contribution in [0.15, 0.2) is 61.2 Å². The van der Waals surface area contributed by atoms with Crippen molar-refractivity contribution in [3.8, 4) is 17.6 Å². The summed E-state index contributed by atoms with van der Waals surface area (Å²) in [5.41, 5.74) is 2.96. The van der Waals surface area contributed by atoms with Crippen molar-refractivity contribution in [2.75, 3.05) is 0 Å². The summed E-state index contributed by atoms with van der Waals surface area (Å²) in [4.78, 5) is 0. The summed E-state index contributed by atoms with van der Waals surface area (Å²) in [6.07, 6.45) is 10.8. The summed E-state index contributed by atoms with van der Waals surface area (Å²) in [5.74, 6) is 9.28. The predicted molar refractivity (Wildman–Crippen MR) is 135 cm³/mol. The molecule has 4 heteroatoms. The number of allylic oxidation sites excluding steroid dienone is 1. The van der Waals surface area contributed by atoms with Gasteiger partial charge in [0.05, 0.1) is 0 Å². The van der Waals surface area contributed by atoms with Crippen LogP contribution in [0.5, 0.6) is 5.75 Å². The van der Waals surface area contributed by atoms with Gasteiger partial charge in [0.25, 0.3) is 0 Å². The molecule has 35 heavy (non-hydrogen) atoms. The van der Waals surface area contributed by atoms with E-state index in [9.17, 15) is 13.2 Å². The number of halogens is 3. The Kier molecular flexibility index (Phi) is 8.60. The van der Waals surface area contributed by atoms with E-state index in [0.29, 0.717) is 11.5 Å². The third kappa shape index (κ3) is 7.66. The molecule has 0 unspecified atom stereocenters. The second kappa shape index (κ2) is 11.8. The first-order chi connectivity index (χ1) is 16.9. The van der Waals surface area contributed by atoms with Crippen LogP contribution in [0.4, 0.5) is 13.2 Å². The fraction of sp³-hybridized carbons (Fsp3) is 0.484. The smallest absolute Gasteiger partial charge is 0.406 e. The van der Waals surface area contributed by atoms with E-state index in [1.165, 1.54) is 94.0 Å². The maximum atomic E-state index is 12.3. The molecule has 2 aromatic carbocycles. The van der Waals surface area contributed by atoms with Crippen LogP contribution >= 0.6 is 0 Å². The van der Waals surface area contributed by atoms with E-state index < -0.39 is 6.36 Å². The minimum absolute atomic E-state index is 0.238. The molecule has 0 bridgehead atoms. The molecule has 0 N–H and O–H groups in total. The average Bonchev–Trinajstić information content (AvgIpc) is 2.87. The lowest BCUT2D eigenvalue weighted by molar-refractivity contribution is -0.274. The number of alkyl halides is 3. The molecule has 0 aliphatic heterocycles. The predicted octanol–water partition coefficient (Wildman–Crippen LogP) is 9.03. The summed E-state index contributed by atoms with van der Waals surface area (Å²) in [6.45, 7) is 3.86. The zero-order valence-electron chi connectivity index (χ0n) is 20.3. The van der Waals surface area contributed by atoms with Crippen LogP contribution in [0.1, 0.15) is 86.8 Å². The highest BCUT2D eigenvalue weighted by Crippen LogP contribution is 2.44. The number of hydrogen-bond acceptors (Lipinski definition) is 1. The molecule has 2 aliphatic carbocycles. The van der Waals surface area contributed by atoms with Crippen LogP contribution in [0.25, 0.3) is 0 Å². The van der Waals surface area contributed by atoms with Crippen molar-refractivity contribution in [2.24, 2.45) is 17.8 Å². The van der Waals surface area contributed by atoms with Crippen LogP contribution in [-0.4, -0.2) is 6.36 Å². The van der Waals surface area contributed by atoms with E-state index in [1.54, 1.807) is 0 Å². The van der Waals surface area contributed by atoms with Gasteiger partial charge >= 0.3 is 6.36 Å². The second-order valence-electron chi connectivity index (χ2n) is 10.2. The van der Waals surface area contributed by atoms with Crippen molar-refractivity contribution in [2.45, 2.75) is 76.5 Å². The van der Waals surface area contributed by atoms with Crippen LogP contribution in [0, 0.1) is 29.6 Å². The van der Waals surface area contributed by atoms with Gasteiger partial charge in [0.15, 0.2) is 0 Å². The number of ether oxygens (including phenoxy) is 1. The van der Waals surface area contributed by atoms with Crippen molar-refractivity contribution >= 4 is 0 Å². The van der Waals surface area contributed by atoms with Gasteiger partial charge in [0.2, 0.25) is 0 Å². The summed E-state index contributed by atoms with van der Waals surface area (Å²) in [7, 11) is 0. The maximum Gasteiger partial charge on any atom is 0.573 e. The molecular formula is C31H35F3O. The van der Waals surface area contributed by atoms with Gasteiger partial charge in [-0.05, 0) is 117 Å². The average molecular weight is 481 g/mol. The molecule has 0 amide bonds. The lowest BCUT2D eigenvalue weighted by Gasteiger charge is -2.38. The fourth-order valence-corrected chi connectivity index (χ4v) is 5.95. The topological polar surface area (TPSA) is 9.23 Å². The Morgan fingerprint density at radius 3 is 1.80 bits per heavy atom. The maximum absolute atomic E-state index is 12.3. The molecular weight excluding hydrogens is 445 g/mol. The zero-order valence-corrected chi connectivity index (χ0v) is 20.3. The minimum atomic E-state index is -4.68. The number of hydrogen-bond donors (Lipinski definition) is 0. The van der Waals surface area contributed by atoms with Gasteiger partial charge in [-0.1, -0.05) is 42.9 Å². The molecule has 2 aliphatic rings. The Balaban J connectivity index is 1.25. The quantitative estimate of drug-likeness (QED) is 0.296. The first-order valence-corrected chi connectivity index (χ1v) is 13.0. The van der Waals surface area contributed by atoms with Gasteiger partial charge in [0, 0.05) is 11.1 Å². The molecule has 0 radical (unpaired) electrons. The van der Waals surface area contributed by atoms with Gasteiger partial charge in [-0.2, -0.15) is 0 Å². The van der Waals surface area contributed by atoms with Gasteiger partial charge in [0.1, 0.15) is 5.75 Å². The monoisotopic (exact) mass is 480 g/mol. The Hall–Kier alpha value is -2.67. The molecule has 4 rings (SSSR count). The summed E-state index contributed by atoms with van der Waals surface area (Å²) in [6, 6.07) is 14.1. The van der Waals surface area contributed by atoms with Crippen LogP contribution in [-0.2, 0) is 0 Å². The van der Waals surface area contributed by atoms with E-state index in [1.807, 2.05) is 0 Å². The first kappa shape index (κ1) is 25.4. The molecule has 2 aromatic rings. The fourth-order valence-electron chi connectivity index (χ4n) is 5.95. The third-order valence-corrected chi connectivity index (χ3v) is 7.93. The van der Waals surface area contributed by atoms with Gasteiger partial charge in [-0.3, -0.25) is 0 Å². The molecule has 186 valence electrons. The Morgan fingerprint density at radius 2 is 1.29 bits per heavy atom. The standard InChI is InChI=1S/C31H35F3O/c1-2-3-4-23-7-13-26(14-8-23)28-17-19-29(20-18-28)27-15-9-24(10-16-27)5-6-25-11-21-30(22-12-25)35-31(32,33)34/h2,9-12,15-16,21-23,26,28-29H,1,3-4,7-8,13-14,17-20H2/t23-,26-,28-,29-. The van der Waals surface area contributed by atoms with Crippen molar-refractivity contribution in [1.82, 2.24) is 0 Å². The molecule has 0 saturated heterocycles. The third-order valence-electron chi connectivity index (χ3n) is 7.93. The van der Waals surface area contributed by atoms with E-state index in [2.05, 4.69) is 53.5 Å². The van der Waals surface area contributed by atoms with Crippen molar-refractivity contribution in [3.63, 3.8) is 0 Å². The second-order valence-corrected chi connectivity index (χ2v) is 10.2. The molecule has 2 saturated carbocycles. The first-order valence-electron chi connectivity index (χ1n) is 13.0. The number of rotatable bonds is 6. The summed E-state index contributed by atoms with van der Waals surface area (Å²) < 4.78 is 40.7. The van der Waals surface area contributed by atoms with Gasteiger partial charge < -0.3 is 4.74 Å². The van der Waals surface area contributed by atoms with Gasteiger partial charge in [-0.15, -0.1) is 19.8 Å². The van der Waals surface area contributed by atoms with Crippen LogP contribution in [0.3, 0.4) is 0 Å². The molecule has 0 spiro atoms. The van der Waals surface area contributed by atoms with Gasteiger partial charge in [-0.25, -0.2) is 0 Å². The van der Waals surface area contributed by atoms with Crippen molar-refractivity contribution < 1.29 is 17.9 Å². The molecule has 0 aromatic heterocycles. The highest BCUT2D eigenvalue weighted by atomic mass is 19.4. The Morgan fingerprint density at radius 1 is 0.771 bits per heavy atom. The summed E-state index contributed by atoms with van der Waals surface area (Å²) >= 11 is 0. The Bertz CT molecular complexity index is 994. The van der Waals surface area contributed by atoms with E-state index in [0.717, 1.165) is 23.3 Å². The molecule has 1 nitrogen and oxygen atoms in total. The highest BCUT2D eigenvalue weighted by molar-refractivity contribution is 5.45. The lowest BCUT2D eigenvalue weighted by Crippen LogP contribution is -2.25. The summed E-state index contributed by atoms with van der Waals surface area (Å²) in [5, 5.41) is 0. The normalized spacial score (nSPS) is 24.8. The lowest BCUT2D eigenvalue weighted by atomic mass is 9.68. The van der Waals surface area contributed by atoms with E-state index in [4.69, 9.17) is 0 Å². The van der Waals surface area contributed by atoms with Crippen LogP contribution in [0.2, 0.25) is 0 Å². The SMILES string of the molecule is C=CCC[C@H]1CC[C@H]([C@H]2CC[C@H](c3ccc(C#Cc4ccc(OC(F)(F)F)cc4)cc3)CC2)CC1. The van der Waals surface area contributed by atoms with E-state index >= 15 is 0 Å². The van der Waals surface area contributed by atoms with Crippen LogP contribution < -0.4 is 4.74 Å². The largest absolute Gasteiger partial charge is 0.573 e. The molecule has 0 atom stereocenters. The highest BCUT2D eigenvalue weighted by Gasteiger charge is 2.32.